The molecule has 0 saturated carbocycles. The molecule has 3 N–H and O–H groups in total. The lowest BCUT2D eigenvalue weighted by Gasteiger charge is -2.08. The summed E-state index contributed by atoms with van der Waals surface area (Å²) >= 11 is 0. The second-order valence-corrected chi connectivity index (χ2v) is 9.22. The predicted octanol–water partition coefficient (Wildman–Crippen LogP) is 4.60. The van der Waals surface area contributed by atoms with Crippen LogP contribution >= 0.6 is 0 Å². The van der Waals surface area contributed by atoms with Crippen molar-refractivity contribution in [1.82, 2.24) is 19.9 Å². The summed E-state index contributed by atoms with van der Waals surface area (Å²) in [5.41, 5.74) is 4.70. The van der Waals surface area contributed by atoms with Crippen molar-refractivity contribution in [3.8, 4) is 33.9 Å². The molecule has 1 aromatic carbocycles. The molecule has 0 atom stereocenters. The van der Waals surface area contributed by atoms with E-state index in [2.05, 4.69) is 24.7 Å². The Bertz CT molecular complexity index is 1440. The van der Waals surface area contributed by atoms with Crippen molar-refractivity contribution in [3.63, 3.8) is 0 Å². The van der Waals surface area contributed by atoms with Gasteiger partial charge in [0, 0.05) is 18.0 Å². The van der Waals surface area contributed by atoms with Crippen LogP contribution < -0.4 is 4.72 Å². The van der Waals surface area contributed by atoms with E-state index in [0.717, 1.165) is 22.4 Å². The number of alkyl halides is 3. The van der Waals surface area contributed by atoms with Crippen LogP contribution in [0.2, 0.25) is 0 Å². The van der Waals surface area contributed by atoms with Crippen LogP contribution in [0.1, 0.15) is 6.92 Å². The van der Waals surface area contributed by atoms with Gasteiger partial charge in [-0.3, -0.25) is 14.7 Å². The van der Waals surface area contributed by atoms with Crippen LogP contribution in [0, 0.1) is 0 Å². The van der Waals surface area contributed by atoms with Gasteiger partial charge in [-0.15, -0.1) is 0 Å². The maximum atomic E-state index is 11.8. The number of carboxylic acid groups (broad SMARTS) is 1. The van der Waals surface area contributed by atoms with Crippen LogP contribution in [0.4, 0.5) is 18.9 Å². The first-order chi connectivity index (χ1) is 17.0. The third kappa shape index (κ3) is 7.12. The number of anilines is 1. The van der Waals surface area contributed by atoms with Gasteiger partial charge < -0.3 is 10.1 Å². The van der Waals surface area contributed by atoms with E-state index < -0.39 is 22.2 Å². The number of hydrogen-bond donors (Lipinski definition) is 3. The minimum absolute atomic E-state index is 0.00112. The smallest absolute Gasteiger partial charge is 0.475 e. The minimum atomic E-state index is -5.08. The molecule has 0 unspecified atom stereocenters. The van der Waals surface area contributed by atoms with E-state index in [1.54, 1.807) is 31.6 Å². The second-order valence-electron chi connectivity index (χ2n) is 7.21. The number of benzene rings is 1. The van der Waals surface area contributed by atoms with Gasteiger partial charge in [-0.05, 0) is 36.2 Å². The van der Waals surface area contributed by atoms with Crippen molar-refractivity contribution in [2.24, 2.45) is 0 Å². The van der Waals surface area contributed by atoms with Crippen LogP contribution in [-0.2, 0) is 14.8 Å². The highest BCUT2D eigenvalue weighted by molar-refractivity contribution is 7.92. The Morgan fingerprint density at radius 2 is 1.69 bits per heavy atom. The molecular weight excluding hydrogens is 499 g/mol. The molecule has 0 aliphatic rings. The second kappa shape index (κ2) is 11.0. The van der Waals surface area contributed by atoms with E-state index in [-0.39, 0.29) is 5.75 Å². The summed E-state index contributed by atoms with van der Waals surface area (Å²) in [6.45, 7) is 1.59. The number of carboxylic acids is 1. The van der Waals surface area contributed by atoms with Gasteiger partial charge in [0.25, 0.3) is 0 Å². The third-order valence-corrected chi connectivity index (χ3v) is 5.94. The quantitative estimate of drug-likeness (QED) is 0.339. The minimum Gasteiger partial charge on any atom is -0.475 e. The summed E-state index contributed by atoms with van der Waals surface area (Å²) in [6.07, 6.45) is 1.55. The highest BCUT2D eigenvalue weighted by atomic mass is 32.2. The van der Waals surface area contributed by atoms with Crippen molar-refractivity contribution in [2.75, 3.05) is 10.5 Å². The Labute approximate surface area is 204 Å². The average molecular weight is 520 g/mol. The normalized spacial score (nSPS) is 11.3. The van der Waals surface area contributed by atoms with Crippen LogP contribution in [0.3, 0.4) is 0 Å². The number of sulfonamides is 1. The largest absolute Gasteiger partial charge is 0.490 e. The topological polar surface area (TPSA) is 138 Å². The maximum Gasteiger partial charge on any atom is 0.490 e. The van der Waals surface area contributed by atoms with Crippen molar-refractivity contribution >= 4 is 21.7 Å². The van der Waals surface area contributed by atoms with E-state index in [4.69, 9.17) is 9.90 Å². The van der Waals surface area contributed by atoms with Gasteiger partial charge in [0.2, 0.25) is 10.0 Å². The fourth-order valence-electron chi connectivity index (χ4n) is 2.86. The summed E-state index contributed by atoms with van der Waals surface area (Å²) in [4.78, 5) is 25.2. The van der Waals surface area contributed by atoms with Crippen molar-refractivity contribution in [1.29, 1.82) is 0 Å². The Hall–Kier alpha value is -4.26. The van der Waals surface area contributed by atoms with Gasteiger partial charge in [0.05, 0.1) is 29.5 Å². The van der Waals surface area contributed by atoms with E-state index in [0.29, 0.717) is 17.2 Å². The van der Waals surface area contributed by atoms with Crippen LogP contribution in [-0.4, -0.2) is 51.4 Å². The summed E-state index contributed by atoms with van der Waals surface area (Å²) in [5, 5.41) is 7.12. The first-order valence-corrected chi connectivity index (χ1v) is 12.0. The SMILES string of the molecule is CCS(=O)(=O)Nc1cncc(-c2ccnc(-c3ncc(-c4ccccc4)[nH]3)c2)c1.O=C(O)C(F)(F)F. The third-order valence-electron chi connectivity index (χ3n) is 4.63. The number of pyridine rings is 2. The average Bonchev–Trinajstić information content (AvgIpc) is 3.35. The van der Waals surface area contributed by atoms with Gasteiger partial charge in [-0.25, -0.2) is 18.2 Å². The number of aromatic nitrogens is 4. The first kappa shape index (κ1) is 26.3. The van der Waals surface area contributed by atoms with Gasteiger partial charge in [0.15, 0.2) is 5.82 Å². The Morgan fingerprint density at radius 3 is 2.33 bits per heavy atom. The molecule has 0 fully saturated rings. The number of rotatable bonds is 6. The predicted molar refractivity (Wildman–Crippen MR) is 127 cm³/mol. The molecule has 4 aromatic rings. The highest BCUT2D eigenvalue weighted by Crippen LogP contribution is 2.26. The molecule has 0 amide bonds. The van der Waals surface area contributed by atoms with Gasteiger partial charge >= 0.3 is 12.1 Å². The Kier molecular flexibility index (Phi) is 8.04. The van der Waals surface area contributed by atoms with Crippen LogP contribution in [0.5, 0.6) is 0 Å². The molecule has 13 heteroatoms. The monoisotopic (exact) mass is 519 g/mol. The van der Waals surface area contributed by atoms with E-state index in [1.807, 2.05) is 42.5 Å². The molecular formula is C23H20F3N5O4S. The van der Waals surface area contributed by atoms with Crippen molar-refractivity contribution < 1.29 is 31.5 Å². The molecule has 0 radical (unpaired) electrons. The summed E-state index contributed by atoms with van der Waals surface area (Å²) in [6, 6.07) is 15.4. The molecule has 0 aliphatic heterocycles. The first-order valence-electron chi connectivity index (χ1n) is 10.3. The summed E-state index contributed by atoms with van der Waals surface area (Å²) in [5.74, 6) is -2.10. The fraction of sp³-hybridized carbons (Fsp3) is 0.130. The van der Waals surface area contributed by atoms with Gasteiger partial charge in [-0.2, -0.15) is 13.2 Å². The zero-order valence-electron chi connectivity index (χ0n) is 18.7. The maximum absolute atomic E-state index is 11.8. The van der Waals surface area contributed by atoms with Crippen LogP contribution in [0.15, 0.2) is 73.3 Å². The molecule has 4 rings (SSSR count). The lowest BCUT2D eigenvalue weighted by Crippen LogP contribution is -2.21. The van der Waals surface area contributed by atoms with E-state index >= 15 is 0 Å². The van der Waals surface area contributed by atoms with Gasteiger partial charge in [-0.1, -0.05) is 30.3 Å². The number of carbonyl (C=O) groups is 1. The zero-order valence-corrected chi connectivity index (χ0v) is 19.5. The number of nitrogens with zero attached hydrogens (tertiary/aromatic N) is 3. The van der Waals surface area contributed by atoms with Crippen LogP contribution in [0.25, 0.3) is 33.9 Å². The molecule has 0 spiro atoms. The zero-order chi connectivity index (χ0) is 26.3. The van der Waals surface area contributed by atoms with E-state index in [9.17, 15) is 21.6 Å². The molecule has 36 heavy (non-hydrogen) atoms. The molecule has 0 saturated heterocycles. The molecule has 9 nitrogen and oxygen atoms in total. The fourth-order valence-corrected chi connectivity index (χ4v) is 3.48. The number of hydrogen-bond acceptors (Lipinski definition) is 6. The number of aromatic amines is 1. The summed E-state index contributed by atoms with van der Waals surface area (Å²) < 4.78 is 57.9. The number of aliphatic carboxylic acids is 1. The van der Waals surface area contributed by atoms with Gasteiger partial charge in [0.1, 0.15) is 5.69 Å². The standard InChI is InChI=1S/C21H19N5O2S.C2HF3O2/c1-2-29(27,28)26-18-10-17(12-22-13-18)16-8-9-23-19(11-16)21-24-14-20(25-21)15-6-4-3-5-7-15;3-2(4,5)1(6)7/h3-14,26H,2H2,1H3,(H,24,25);(H,6,7). The highest BCUT2D eigenvalue weighted by Gasteiger charge is 2.38. The number of H-pyrrole nitrogens is 1. The Morgan fingerprint density at radius 1 is 1.00 bits per heavy atom. The molecule has 0 bridgehead atoms. The molecule has 0 aliphatic carbocycles. The molecule has 3 aromatic heterocycles. The Balaban J connectivity index is 0.000000454. The summed E-state index contributed by atoms with van der Waals surface area (Å²) in [7, 11) is -3.36. The lowest BCUT2D eigenvalue weighted by atomic mass is 10.1. The van der Waals surface area contributed by atoms with E-state index in [1.165, 1.54) is 6.20 Å². The lowest BCUT2D eigenvalue weighted by molar-refractivity contribution is -0.192. The number of halogens is 3. The number of nitrogens with one attached hydrogen (secondary N) is 2. The van der Waals surface area contributed by atoms with Crippen molar-refractivity contribution in [2.45, 2.75) is 13.1 Å². The van der Waals surface area contributed by atoms with Crippen molar-refractivity contribution in [3.05, 3.63) is 73.3 Å². The molecule has 3 heterocycles. The molecule has 188 valence electrons. The number of imidazole rings is 1.